The molecular weight excluding hydrogens is 198 g/mol. The van der Waals surface area contributed by atoms with E-state index in [9.17, 15) is 0 Å². The number of aryl methyl sites for hydroxylation is 1. The Hall–Kier alpha value is -0.860. The lowest BCUT2D eigenvalue weighted by molar-refractivity contribution is 0.135. The highest BCUT2D eigenvalue weighted by Crippen LogP contribution is 2.24. The van der Waals surface area contributed by atoms with Gasteiger partial charge in [-0.3, -0.25) is 4.90 Å². The lowest BCUT2D eigenvalue weighted by atomic mass is 9.96. The summed E-state index contributed by atoms with van der Waals surface area (Å²) in [4.78, 5) is 2.59. The van der Waals surface area contributed by atoms with Crippen LogP contribution in [-0.4, -0.2) is 30.7 Å². The minimum absolute atomic E-state index is 0.662. The van der Waals surface area contributed by atoms with E-state index in [4.69, 9.17) is 4.74 Å². The first-order chi connectivity index (χ1) is 7.83. The van der Waals surface area contributed by atoms with Crippen molar-refractivity contribution < 1.29 is 4.74 Å². The minimum Gasteiger partial charge on any atom is -0.380 e. The molecule has 2 heterocycles. The summed E-state index contributed by atoms with van der Waals surface area (Å²) in [5.41, 5.74) is 4.45. The standard InChI is InChI=1S/C14H19NO/c1-11-2-3-13-9-15(6-4-12(13)8-11)14-5-7-16-10-14/h2-3,8,14H,4-7,9-10H2,1H3. The van der Waals surface area contributed by atoms with E-state index in [1.807, 2.05) is 0 Å². The van der Waals surface area contributed by atoms with Crippen molar-refractivity contribution in [3.8, 4) is 0 Å². The molecule has 1 fully saturated rings. The van der Waals surface area contributed by atoms with E-state index in [1.165, 1.54) is 30.5 Å². The molecule has 86 valence electrons. The third-order valence-electron chi connectivity index (χ3n) is 3.83. The van der Waals surface area contributed by atoms with Crippen LogP contribution in [0.1, 0.15) is 23.1 Å². The number of nitrogens with zero attached hydrogens (tertiary/aromatic N) is 1. The summed E-state index contributed by atoms with van der Waals surface area (Å²) in [6, 6.07) is 7.53. The van der Waals surface area contributed by atoms with Crippen molar-refractivity contribution in [3.05, 3.63) is 34.9 Å². The Morgan fingerprint density at radius 1 is 1.31 bits per heavy atom. The van der Waals surface area contributed by atoms with Crippen molar-refractivity contribution in [2.24, 2.45) is 0 Å². The van der Waals surface area contributed by atoms with Gasteiger partial charge < -0.3 is 4.74 Å². The van der Waals surface area contributed by atoms with Crippen LogP contribution >= 0.6 is 0 Å². The van der Waals surface area contributed by atoms with Gasteiger partial charge in [0.25, 0.3) is 0 Å². The first-order valence-electron chi connectivity index (χ1n) is 6.23. The van der Waals surface area contributed by atoms with E-state index in [0.717, 1.165) is 19.8 Å². The van der Waals surface area contributed by atoms with Gasteiger partial charge in [-0.2, -0.15) is 0 Å². The molecule has 0 spiro atoms. The highest BCUT2D eigenvalue weighted by molar-refractivity contribution is 5.33. The molecule has 2 nitrogen and oxygen atoms in total. The van der Waals surface area contributed by atoms with Gasteiger partial charge in [0.1, 0.15) is 0 Å². The summed E-state index contributed by atoms with van der Waals surface area (Å²) in [6.07, 6.45) is 2.41. The molecule has 1 aromatic rings. The van der Waals surface area contributed by atoms with Gasteiger partial charge in [-0.25, -0.2) is 0 Å². The summed E-state index contributed by atoms with van der Waals surface area (Å²) >= 11 is 0. The highest BCUT2D eigenvalue weighted by Gasteiger charge is 2.26. The fourth-order valence-corrected chi connectivity index (χ4v) is 2.83. The molecule has 16 heavy (non-hydrogen) atoms. The van der Waals surface area contributed by atoms with Crippen molar-refractivity contribution >= 4 is 0 Å². The topological polar surface area (TPSA) is 12.5 Å². The number of benzene rings is 1. The summed E-state index contributed by atoms with van der Waals surface area (Å²) in [5.74, 6) is 0. The molecule has 0 saturated carbocycles. The molecule has 0 aromatic heterocycles. The Kier molecular flexibility index (Phi) is 2.70. The molecule has 2 heteroatoms. The molecule has 2 aliphatic heterocycles. The predicted octanol–water partition coefficient (Wildman–Crippen LogP) is 2.14. The summed E-state index contributed by atoms with van der Waals surface area (Å²) < 4.78 is 5.48. The van der Waals surface area contributed by atoms with Gasteiger partial charge in [-0.1, -0.05) is 23.8 Å². The number of hydrogen-bond donors (Lipinski definition) is 0. The molecule has 0 aliphatic carbocycles. The zero-order chi connectivity index (χ0) is 11.0. The minimum atomic E-state index is 0.662. The van der Waals surface area contributed by atoms with Crippen LogP contribution in [0.3, 0.4) is 0 Å². The van der Waals surface area contributed by atoms with Gasteiger partial charge in [0, 0.05) is 25.7 Å². The van der Waals surface area contributed by atoms with Crippen molar-refractivity contribution in [1.82, 2.24) is 4.90 Å². The van der Waals surface area contributed by atoms with Crippen LogP contribution in [0.15, 0.2) is 18.2 Å². The normalized spacial score (nSPS) is 25.7. The average Bonchev–Trinajstić information content (AvgIpc) is 2.82. The van der Waals surface area contributed by atoms with Crippen LogP contribution in [-0.2, 0) is 17.7 Å². The molecule has 0 amide bonds. The Morgan fingerprint density at radius 3 is 3.06 bits per heavy atom. The second-order valence-corrected chi connectivity index (χ2v) is 5.01. The number of rotatable bonds is 1. The molecule has 3 rings (SSSR count). The molecule has 1 aromatic carbocycles. The van der Waals surface area contributed by atoms with Crippen LogP contribution in [0, 0.1) is 6.92 Å². The lowest BCUT2D eigenvalue weighted by Crippen LogP contribution is -2.39. The first-order valence-corrected chi connectivity index (χ1v) is 6.23. The first kappa shape index (κ1) is 10.3. The summed E-state index contributed by atoms with van der Waals surface area (Å²) in [7, 11) is 0. The van der Waals surface area contributed by atoms with Gasteiger partial charge in [-0.05, 0) is 30.9 Å². The molecule has 0 N–H and O–H groups in total. The maximum absolute atomic E-state index is 5.48. The summed E-state index contributed by atoms with van der Waals surface area (Å²) in [5, 5.41) is 0. The van der Waals surface area contributed by atoms with Crippen LogP contribution in [0.25, 0.3) is 0 Å². The number of fused-ring (bicyclic) bond motifs is 1. The Bertz CT molecular complexity index is 382. The largest absolute Gasteiger partial charge is 0.380 e. The Morgan fingerprint density at radius 2 is 2.25 bits per heavy atom. The molecule has 1 saturated heterocycles. The molecule has 0 radical (unpaired) electrons. The molecule has 1 atom stereocenters. The Labute approximate surface area is 97.2 Å². The van der Waals surface area contributed by atoms with Gasteiger partial charge in [0.15, 0.2) is 0 Å². The van der Waals surface area contributed by atoms with Crippen LogP contribution in [0.4, 0.5) is 0 Å². The van der Waals surface area contributed by atoms with E-state index >= 15 is 0 Å². The zero-order valence-corrected chi connectivity index (χ0v) is 9.91. The maximum atomic E-state index is 5.48. The fourth-order valence-electron chi connectivity index (χ4n) is 2.83. The second kappa shape index (κ2) is 4.19. The SMILES string of the molecule is Cc1ccc2c(c1)CCN(C1CCOC1)C2. The lowest BCUT2D eigenvalue weighted by Gasteiger charge is -2.33. The number of ether oxygens (including phenoxy) is 1. The highest BCUT2D eigenvalue weighted by atomic mass is 16.5. The van der Waals surface area contributed by atoms with Gasteiger partial charge in [-0.15, -0.1) is 0 Å². The van der Waals surface area contributed by atoms with E-state index in [2.05, 4.69) is 30.0 Å². The summed E-state index contributed by atoms with van der Waals surface area (Å²) in [6.45, 7) is 6.37. The zero-order valence-electron chi connectivity index (χ0n) is 9.91. The average molecular weight is 217 g/mol. The third-order valence-corrected chi connectivity index (χ3v) is 3.83. The van der Waals surface area contributed by atoms with Gasteiger partial charge in [0.2, 0.25) is 0 Å². The van der Waals surface area contributed by atoms with E-state index in [0.29, 0.717) is 6.04 Å². The Balaban J connectivity index is 1.78. The van der Waals surface area contributed by atoms with Crippen molar-refractivity contribution in [1.29, 1.82) is 0 Å². The van der Waals surface area contributed by atoms with E-state index in [1.54, 1.807) is 5.56 Å². The van der Waals surface area contributed by atoms with Crippen LogP contribution in [0.5, 0.6) is 0 Å². The van der Waals surface area contributed by atoms with Crippen molar-refractivity contribution in [2.75, 3.05) is 19.8 Å². The van der Waals surface area contributed by atoms with Crippen LogP contribution in [0.2, 0.25) is 0 Å². The number of hydrogen-bond acceptors (Lipinski definition) is 2. The third kappa shape index (κ3) is 1.87. The molecule has 0 bridgehead atoms. The van der Waals surface area contributed by atoms with Gasteiger partial charge >= 0.3 is 0 Å². The van der Waals surface area contributed by atoms with Crippen molar-refractivity contribution in [2.45, 2.75) is 32.4 Å². The fraction of sp³-hybridized carbons (Fsp3) is 0.571. The van der Waals surface area contributed by atoms with E-state index < -0.39 is 0 Å². The maximum Gasteiger partial charge on any atom is 0.0622 e. The smallest absolute Gasteiger partial charge is 0.0622 e. The molecular formula is C14H19NO. The molecule has 2 aliphatic rings. The van der Waals surface area contributed by atoms with Crippen molar-refractivity contribution in [3.63, 3.8) is 0 Å². The van der Waals surface area contributed by atoms with Crippen LogP contribution < -0.4 is 0 Å². The predicted molar refractivity (Wildman–Crippen MR) is 64.5 cm³/mol. The quantitative estimate of drug-likeness (QED) is 0.714. The monoisotopic (exact) mass is 217 g/mol. The van der Waals surface area contributed by atoms with Gasteiger partial charge in [0.05, 0.1) is 6.61 Å². The molecule has 1 unspecified atom stereocenters. The second-order valence-electron chi connectivity index (χ2n) is 5.01. The van der Waals surface area contributed by atoms with E-state index in [-0.39, 0.29) is 0 Å².